The van der Waals surface area contributed by atoms with Crippen molar-refractivity contribution >= 4 is 11.9 Å². The van der Waals surface area contributed by atoms with Crippen LogP contribution in [-0.2, 0) is 17.8 Å². The zero-order valence-electron chi connectivity index (χ0n) is 13.9. The fraction of sp³-hybridized carbons (Fsp3) is 0.263. The molecule has 1 N–H and O–H groups in total. The van der Waals surface area contributed by atoms with Gasteiger partial charge in [0.15, 0.2) is 0 Å². The molecule has 1 amide bonds. The molecule has 0 bridgehead atoms. The average molecular weight is 327 g/mol. The predicted octanol–water partition coefficient (Wildman–Crippen LogP) is 2.98. The maximum atomic E-state index is 12.3. The van der Waals surface area contributed by atoms with Crippen LogP contribution in [0.3, 0.4) is 0 Å². The Hall–Kier alpha value is -2.82. The molecule has 0 aliphatic carbocycles. The van der Waals surface area contributed by atoms with Crippen molar-refractivity contribution in [3.05, 3.63) is 65.2 Å². The van der Waals surface area contributed by atoms with Crippen LogP contribution in [-0.4, -0.2) is 36.0 Å². The molecule has 0 spiro atoms. The molecule has 0 unspecified atom stereocenters. The van der Waals surface area contributed by atoms with E-state index in [9.17, 15) is 14.7 Å². The van der Waals surface area contributed by atoms with Gasteiger partial charge in [0.2, 0.25) is 5.91 Å². The number of aryl methyl sites for hydroxylation is 1. The molecule has 126 valence electrons. The predicted molar refractivity (Wildman–Crippen MR) is 91.2 cm³/mol. The minimum atomic E-state index is -0.970. The summed E-state index contributed by atoms with van der Waals surface area (Å²) in [5, 5.41) is 9.18. The molecule has 2 rings (SSSR count). The molecule has 5 heteroatoms. The molecular weight excluding hydrogens is 306 g/mol. The number of amides is 1. The number of ether oxygens (including phenoxy) is 1. The van der Waals surface area contributed by atoms with Crippen LogP contribution in [0, 0.1) is 0 Å². The van der Waals surface area contributed by atoms with Crippen LogP contribution in [0.4, 0.5) is 0 Å². The van der Waals surface area contributed by atoms with Gasteiger partial charge in [-0.3, -0.25) is 4.79 Å². The van der Waals surface area contributed by atoms with Crippen LogP contribution in [0.1, 0.15) is 27.9 Å². The number of hydrogen-bond donors (Lipinski definition) is 1. The van der Waals surface area contributed by atoms with Crippen LogP contribution in [0.2, 0.25) is 0 Å². The van der Waals surface area contributed by atoms with E-state index in [0.717, 1.165) is 11.3 Å². The third kappa shape index (κ3) is 4.59. The molecule has 5 nitrogen and oxygen atoms in total. The second-order valence-corrected chi connectivity index (χ2v) is 5.56. The Kier molecular flexibility index (Phi) is 5.95. The number of methoxy groups -OCH3 is 1. The van der Waals surface area contributed by atoms with E-state index in [1.165, 1.54) is 0 Å². The summed E-state index contributed by atoms with van der Waals surface area (Å²) in [6, 6.07) is 14.3. The number of nitrogens with zero attached hydrogens (tertiary/aromatic N) is 1. The summed E-state index contributed by atoms with van der Waals surface area (Å²) in [4.78, 5) is 25.1. The van der Waals surface area contributed by atoms with Gasteiger partial charge in [0.05, 0.1) is 12.7 Å². The standard InChI is InChI=1S/C19H21NO4/c1-20(13-14-6-5-8-16(12-14)24-2)18(21)11-10-15-7-3-4-9-17(15)19(22)23/h3-9,12H,10-11,13H2,1-2H3,(H,22,23). The number of carboxylic acid groups (broad SMARTS) is 1. The lowest BCUT2D eigenvalue weighted by atomic mass is 10.0. The smallest absolute Gasteiger partial charge is 0.335 e. The van der Waals surface area contributed by atoms with Crippen LogP contribution >= 0.6 is 0 Å². The summed E-state index contributed by atoms with van der Waals surface area (Å²) in [5.41, 5.74) is 1.91. The lowest BCUT2D eigenvalue weighted by molar-refractivity contribution is -0.130. The van der Waals surface area contributed by atoms with Gasteiger partial charge in [-0.1, -0.05) is 30.3 Å². The second kappa shape index (κ2) is 8.15. The minimum Gasteiger partial charge on any atom is -0.497 e. The minimum absolute atomic E-state index is 0.0296. The first-order chi connectivity index (χ1) is 11.5. The summed E-state index contributed by atoms with van der Waals surface area (Å²) in [6.07, 6.45) is 0.675. The van der Waals surface area contributed by atoms with Gasteiger partial charge in [-0.2, -0.15) is 0 Å². The normalized spacial score (nSPS) is 10.2. The monoisotopic (exact) mass is 327 g/mol. The summed E-state index contributed by atoms with van der Waals surface area (Å²) < 4.78 is 5.18. The summed E-state index contributed by atoms with van der Waals surface area (Å²) in [7, 11) is 3.35. The van der Waals surface area contributed by atoms with Crippen molar-refractivity contribution in [2.75, 3.05) is 14.2 Å². The summed E-state index contributed by atoms with van der Waals surface area (Å²) in [5.74, 6) is -0.246. The van der Waals surface area contributed by atoms with E-state index in [1.54, 1.807) is 43.3 Å². The number of rotatable bonds is 7. The third-order valence-corrected chi connectivity index (χ3v) is 3.84. The van der Waals surface area contributed by atoms with Crippen molar-refractivity contribution in [2.45, 2.75) is 19.4 Å². The third-order valence-electron chi connectivity index (χ3n) is 3.84. The van der Waals surface area contributed by atoms with Gasteiger partial charge < -0.3 is 14.7 Å². The fourth-order valence-corrected chi connectivity index (χ4v) is 2.51. The molecule has 0 radical (unpaired) electrons. The van der Waals surface area contributed by atoms with Crippen molar-refractivity contribution in [2.24, 2.45) is 0 Å². The highest BCUT2D eigenvalue weighted by molar-refractivity contribution is 5.89. The van der Waals surface area contributed by atoms with Crippen molar-refractivity contribution in [1.29, 1.82) is 0 Å². The van der Waals surface area contributed by atoms with Crippen molar-refractivity contribution in [3.63, 3.8) is 0 Å². The molecule has 2 aromatic rings. The summed E-state index contributed by atoms with van der Waals surface area (Å²) in [6.45, 7) is 0.483. The number of benzene rings is 2. The van der Waals surface area contributed by atoms with Crippen LogP contribution in [0.25, 0.3) is 0 Å². The first-order valence-electron chi connectivity index (χ1n) is 7.69. The van der Waals surface area contributed by atoms with E-state index >= 15 is 0 Å². The van der Waals surface area contributed by atoms with E-state index in [0.29, 0.717) is 18.5 Å². The van der Waals surface area contributed by atoms with E-state index < -0.39 is 5.97 Å². The number of carboxylic acids is 1. The highest BCUT2D eigenvalue weighted by atomic mass is 16.5. The Balaban J connectivity index is 1.96. The highest BCUT2D eigenvalue weighted by Gasteiger charge is 2.13. The van der Waals surface area contributed by atoms with Gasteiger partial charge in [-0.15, -0.1) is 0 Å². The number of carbonyl (C=O) groups excluding carboxylic acids is 1. The molecule has 0 saturated heterocycles. The molecule has 0 aromatic heterocycles. The molecule has 0 heterocycles. The molecule has 0 atom stereocenters. The van der Waals surface area contributed by atoms with Crippen molar-refractivity contribution in [3.8, 4) is 5.75 Å². The molecule has 0 saturated carbocycles. The van der Waals surface area contributed by atoms with E-state index in [4.69, 9.17) is 4.74 Å². The Morgan fingerprint density at radius 1 is 1.12 bits per heavy atom. The van der Waals surface area contributed by atoms with E-state index in [2.05, 4.69) is 0 Å². The molecule has 0 aliphatic rings. The lowest BCUT2D eigenvalue weighted by Crippen LogP contribution is -2.26. The largest absolute Gasteiger partial charge is 0.497 e. The SMILES string of the molecule is COc1cccc(CN(C)C(=O)CCc2ccccc2C(=O)O)c1. The first-order valence-corrected chi connectivity index (χ1v) is 7.69. The highest BCUT2D eigenvalue weighted by Crippen LogP contribution is 2.15. The van der Waals surface area contributed by atoms with Crippen molar-refractivity contribution in [1.82, 2.24) is 4.90 Å². The molecule has 0 fully saturated rings. The number of carbonyl (C=O) groups is 2. The van der Waals surface area contributed by atoms with Crippen molar-refractivity contribution < 1.29 is 19.4 Å². The molecule has 2 aromatic carbocycles. The molecular formula is C19H21NO4. The van der Waals surface area contributed by atoms with Gasteiger partial charge in [-0.05, 0) is 35.7 Å². The quantitative estimate of drug-likeness (QED) is 0.849. The Labute approximate surface area is 141 Å². The Bertz CT molecular complexity index is 727. The molecule has 0 aliphatic heterocycles. The van der Waals surface area contributed by atoms with Gasteiger partial charge >= 0.3 is 5.97 Å². The number of hydrogen-bond acceptors (Lipinski definition) is 3. The zero-order valence-corrected chi connectivity index (χ0v) is 13.9. The van der Waals surface area contributed by atoms with Crippen LogP contribution < -0.4 is 4.74 Å². The van der Waals surface area contributed by atoms with Gasteiger partial charge in [-0.25, -0.2) is 4.79 Å². The second-order valence-electron chi connectivity index (χ2n) is 5.56. The maximum Gasteiger partial charge on any atom is 0.335 e. The summed E-state index contributed by atoms with van der Waals surface area (Å²) >= 11 is 0. The van der Waals surface area contributed by atoms with E-state index in [1.807, 2.05) is 24.3 Å². The van der Waals surface area contributed by atoms with Gasteiger partial charge in [0.25, 0.3) is 0 Å². The van der Waals surface area contributed by atoms with Crippen LogP contribution in [0.15, 0.2) is 48.5 Å². The lowest BCUT2D eigenvalue weighted by Gasteiger charge is -2.18. The Morgan fingerprint density at radius 3 is 2.58 bits per heavy atom. The fourth-order valence-electron chi connectivity index (χ4n) is 2.51. The Morgan fingerprint density at radius 2 is 1.88 bits per heavy atom. The number of aromatic carboxylic acids is 1. The van der Waals surface area contributed by atoms with E-state index in [-0.39, 0.29) is 17.9 Å². The van der Waals surface area contributed by atoms with Gasteiger partial charge in [0.1, 0.15) is 5.75 Å². The van der Waals surface area contributed by atoms with Gasteiger partial charge in [0, 0.05) is 20.0 Å². The first kappa shape index (κ1) is 17.5. The topological polar surface area (TPSA) is 66.8 Å². The maximum absolute atomic E-state index is 12.3. The molecule has 24 heavy (non-hydrogen) atoms. The van der Waals surface area contributed by atoms with Crippen LogP contribution in [0.5, 0.6) is 5.75 Å². The average Bonchev–Trinajstić information content (AvgIpc) is 2.59. The zero-order chi connectivity index (χ0) is 17.5.